The molecule has 15 nitrogen and oxygen atoms in total. The molecule has 0 saturated carbocycles. The molecule has 0 radical (unpaired) electrons. The van der Waals surface area contributed by atoms with Crippen molar-refractivity contribution < 1.29 is 32.3 Å². The van der Waals surface area contributed by atoms with Crippen LogP contribution in [0.2, 0.25) is 0 Å². The number of rotatable bonds is 10. The van der Waals surface area contributed by atoms with Gasteiger partial charge in [0.05, 0.1) is 20.8 Å². The molecule has 0 unspecified atom stereocenters. The zero-order valence-electron chi connectivity index (χ0n) is 18.7. The van der Waals surface area contributed by atoms with E-state index in [1.807, 2.05) is 0 Å². The molecule has 0 fully saturated rings. The highest BCUT2D eigenvalue weighted by molar-refractivity contribution is 7.86. The molecule has 0 aromatic heterocycles. The molecular weight excluding hydrogens is 516 g/mol. The lowest BCUT2D eigenvalue weighted by Gasteiger charge is -2.19. The van der Waals surface area contributed by atoms with E-state index in [1.165, 1.54) is 18.2 Å². The predicted octanol–water partition coefficient (Wildman–Crippen LogP) is 3.47. The van der Waals surface area contributed by atoms with Crippen LogP contribution in [0.4, 0.5) is 11.4 Å². The van der Waals surface area contributed by atoms with E-state index in [0.29, 0.717) is 11.6 Å². The molecule has 37 heavy (non-hydrogen) atoms. The van der Waals surface area contributed by atoms with Crippen LogP contribution < -0.4 is 0 Å². The summed E-state index contributed by atoms with van der Waals surface area (Å²) in [6.07, 6.45) is -0.554. The van der Waals surface area contributed by atoms with E-state index in [0.717, 1.165) is 42.5 Å². The molecular formula is C21H16N4O11S. The SMILES string of the molecule is Cc1ccc(S(=O)(=O)OC(c2ccccc2Cc2ccc([N+](=O)[O-])cc2[N+](=O)[O-])([N+](=O)[O-])[N+](=O)[O-])cc1. The Balaban J connectivity index is 2.19. The van der Waals surface area contributed by atoms with Gasteiger partial charge < -0.3 is 0 Å². The van der Waals surface area contributed by atoms with Crippen molar-refractivity contribution in [2.24, 2.45) is 0 Å². The first-order valence-electron chi connectivity index (χ1n) is 10.1. The highest BCUT2D eigenvalue weighted by Gasteiger charge is 2.65. The Labute approximate surface area is 207 Å². The van der Waals surface area contributed by atoms with Crippen molar-refractivity contribution in [1.29, 1.82) is 0 Å². The number of aryl methyl sites for hydroxylation is 1. The highest BCUT2D eigenvalue weighted by atomic mass is 32.2. The van der Waals surface area contributed by atoms with Crippen LogP contribution in [0.15, 0.2) is 71.6 Å². The fourth-order valence-electron chi connectivity index (χ4n) is 3.46. The second-order valence-corrected chi connectivity index (χ2v) is 9.18. The van der Waals surface area contributed by atoms with E-state index in [1.54, 1.807) is 6.92 Å². The van der Waals surface area contributed by atoms with Crippen molar-refractivity contribution in [3.63, 3.8) is 0 Å². The second-order valence-electron chi connectivity index (χ2n) is 7.63. The molecule has 3 aromatic rings. The minimum absolute atomic E-state index is 0.176. The molecule has 0 spiro atoms. The van der Waals surface area contributed by atoms with E-state index in [2.05, 4.69) is 0 Å². The van der Waals surface area contributed by atoms with Crippen molar-refractivity contribution >= 4 is 21.5 Å². The smallest absolute Gasteiger partial charge is 0.258 e. The molecule has 0 aliphatic rings. The van der Waals surface area contributed by atoms with E-state index < -0.39 is 63.9 Å². The summed E-state index contributed by atoms with van der Waals surface area (Å²) in [5.41, 5.74) is -1.92. The molecule has 16 heteroatoms. The van der Waals surface area contributed by atoms with Gasteiger partial charge in [-0.05, 0) is 36.8 Å². The van der Waals surface area contributed by atoms with Crippen LogP contribution in [0.5, 0.6) is 0 Å². The van der Waals surface area contributed by atoms with Gasteiger partial charge in [-0.3, -0.25) is 40.5 Å². The molecule has 0 N–H and O–H groups in total. The van der Waals surface area contributed by atoms with E-state index in [-0.39, 0.29) is 11.1 Å². The summed E-state index contributed by atoms with van der Waals surface area (Å²) in [5, 5.41) is 46.8. The Hall–Kier alpha value is -4.83. The summed E-state index contributed by atoms with van der Waals surface area (Å²) >= 11 is 0. The first-order valence-corrected chi connectivity index (χ1v) is 11.5. The second kappa shape index (κ2) is 10.0. The Bertz CT molecular complexity index is 1510. The van der Waals surface area contributed by atoms with Gasteiger partial charge >= 0.3 is 16.0 Å². The van der Waals surface area contributed by atoms with Crippen molar-refractivity contribution in [2.75, 3.05) is 0 Å². The maximum absolute atomic E-state index is 12.9. The lowest BCUT2D eigenvalue weighted by Crippen LogP contribution is -2.48. The van der Waals surface area contributed by atoms with Crippen molar-refractivity contribution in [1.82, 2.24) is 0 Å². The molecule has 3 rings (SSSR count). The summed E-state index contributed by atoms with van der Waals surface area (Å²) in [5.74, 6) is -3.85. The zero-order chi connectivity index (χ0) is 27.5. The number of nitro groups is 4. The third kappa shape index (κ3) is 5.24. The number of hydrogen-bond acceptors (Lipinski definition) is 11. The van der Waals surface area contributed by atoms with Crippen LogP contribution in [-0.2, 0) is 26.6 Å². The quantitative estimate of drug-likeness (QED) is 0.159. The standard InChI is InChI=1S/C21H16N4O11S/c1-14-6-10-18(11-7-14)37(34,35)36-21(24(30)31,25(32)33)19-5-3-2-4-15(19)12-16-8-9-17(22(26)27)13-20(16)23(28)29/h2-11,13H,12H2,1H3. The van der Waals surface area contributed by atoms with E-state index >= 15 is 0 Å². The van der Waals surface area contributed by atoms with Crippen LogP contribution in [0.25, 0.3) is 0 Å². The summed E-state index contributed by atoms with van der Waals surface area (Å²) in [6, 6.07) is 12.0. The molecule has 0 aliphatic heterocycles. The number of nitrogens with zero attached hydrogens (tertiary/aromatic N) is 4. The van der Waals surface area contributed by atoms with Gasteiger partial charge in [-0.25, -0.2) is 0 Å². The van der Waals surface area contributed by atoms with E-state index in [9.17, 15) is 48.9 Å². The summed E-state index contributed by atoms with van der Waals surface area (Å²) < 4.78 is 30.5. The van der Waals surface area contributed by atoms with Crippen molar-refractivity contribution in [2.45, 2.75) is 24.1 Å². The van der Waals surface area contributed by atoms with Crippen molar-refractivity contribution in [3.8, 4) is 0 Å². The lowest BCUT2D eigenvalue weighted by atomic mass is 9.96. The first kappa shape index (κ1) is 26.8. The average Bonchev–Trinajstić information content (AvgIpc) is 2.83. The van der Waals surface area contributed by atoms with Crippen LogP contribution >= 0.6 is 0 Å². The number of non-ortho nitro benzene ring substituents is 1. The zero-order valence-corrected chi connectivity index (χ0v) is 19.6. The number of benzene rings is 3. The first-order chi connectivity index (χ1) is 17.3. The summed E-state index contributed by atoms with van der Waals surface area (Å²) in [7, 11) is -5.07. The third-order valence-electron chi connectivity index (χ3n) is 5.26. The Kier molecular flexibility index (Phi) is 7.26. The minimum Gasteiger partial charge on any atom is -0.258 e. The molecule has 0 aliphatic carbocycles. The van der Waals surface area contributed by atoms with Gasteiger partial charge in [0.2, 0.25) is 0 Å². The Morgan fingerprint density at radius 3 is 1.92 bits per heavy atom. The summed E-state index contributed by atoms with van der Waals surface area (Å²) in [6.45, 7) is 1.64. The van der Waals surface area contributed by atoms with Gasteiger partial charge in [-0.1, -0.05) is 35.9 Å². The fourth-order valence-corrected chi connectivity index (χ4v) is 4.54. The third-order valence-corrected chi connectivity index (χ3v) is 6.56. The number of nitro benzene ring substituents is 2. The number of hydrogen-bond donors (Lipinski definition) is 0. The van der Waals surface area contributed by atoms with Crippen LogP contribution in [0, 0.1) is 47.4 Å². The largest absolute Gasteiger partial charge is 0.621 e. The lowest BCUT2D eigenvalue weighted by molar-refractivity contribution is -0.854. The van der Waals surface area contributed by atoms with Gasteiger partial charge in [0.25, 0.3) is 11.4 Å². The molecule has 0 bridgehead atoms. The molecule has 192 valence electrons. The Morgan fingerprint density at radius 2 is 1.38 bits per heavy atom. The van der Waals surface area contributed by atoms with Crippen LogP contribution in [0.3, 0.4) is 0 Å². The molecule has 0 heterocycles. The van der Waals surface area contributed by atoms with Gasteiger partial charge in [0.15, 0.2) is 0 Å². The predicted molar refractivity (Wildman–Crippen MR) is 124 cm³/mol. The molecule has 0 saturated heterocycles. The summed E-state index contributed by atoms with van der Waals surface area (Å²) in [4.78, 5) is 41.4. The van der Waals surface area contributed by atoms with Crippen LogP contribution in [0.1, 0.15) is 22.3 Å². The van der Waals surface area contributed by atoms with Gasteiger partial charge in [-0.2, -0.15) is 8.42 Å². The van der Waals surface area contributed by atoms with Gasteiger partial charge in [0, 0.05) is 18.1 Å². The fraction of sp³-hybridized carbons (Fsp3) is 0.143. The maximum atomic E-state index is 12.9. The molecule has 3 aromatic carbocycles. The normalized spacial score (nSPS) is 11.6. The van der Waals surface area contributed by atoms with Gasteiger partial charge in [0.1, 0.15) is 15.4 Å². The van der Waals surface area contributed by atoms with E-state index in [4.69, 9.17) is 4.18 Å². The topological polar surface area (TPSA) is 216 Å². The monoisotopic (exact) mass is 532 g/mol. The van der Waals surface area contributed by atoms with Crippen LogP contribution in [-0.4, -0.2) is 28.1 Å². The highest BCUT2D eigenvalue weighted by Crippen LogP contribution is 2.36. The Morgan fingerprint density at radius 1 is 0.784 bits per heavy atom. The van der Waals surface area contributed by atoms with Crippen molar-refractivity contribution in [3.05, 3.63) is 129 Å². The molecule has 0 atom stereocenters. The minimum atomic E-state index is -5.07. The van der Waals surface area contributed by atoms with Gasteiger partial charge in [-0.15, -0.1) is 4.18 Å². The maximum Gasteiger partial charge on any atom is 0.621 e. The molecule has 0 amide bonds. The average molecular weight is 532 g/mol.